The molecule has 0 saturated carbocycles. The highest BCUT2D eigenvalue weighted by Gasteiger charge is 2.36. The van der Waals surface area contributed by atoms with Gasteiger partial charge >= 0.3 is 6.03 Å². The number of amides is 3. The lowest BCUT2D eigenvalue weighted by Crippen LogP contribution is -2.37. The molecule has 1 aliphatic heterocycles. The molecule has 1 rings (SSSR count). The maximum atomic E-state index is 11.2. The van der Waals surface area contributed by atoms with Gasteiger partial charge in [0.2, 0.25) is 15.9 Å². The molecule has 3 amide bonds. The van der Waals surface area contributed by atoms with Crippen molar-refractivity contribution in [1.82, 2.24) is 9.21 Å². The van der Waals surface area contributed by atoms with Crippen molar-refractivity contribution in [2.75, 3.05) is 19.3 Å². The average molecular weight is 206 g/mol. The van der Waals surface area contributed by atoms with Crippen molar-refractivity contribution < 1.29 is 18.0 Å². The molecule has 0 N–H and O–H groups in total. The topological polar surface area (TPSA) is 74.8 Å². The van der Waals surface area contributed by atoms with Gasteiger partial charge < -0.3 is 0 Å². The monoisotopic (exact) mass is 206 g/mol. The van der Waals surface area contributed by atoms with Crippen molar-refractivity contribution in [1.29, 1.82) is 0 Å². The van der Waals surface area contributed by atoms with Crippen molar-refractivity contribution >= 4 is 22.0 Å². The van der Waals surface area contributed by atoms with E-state index in [0.29, 0.717) is 4.31 Å². The first kappa shape index (κ1) is 9.97. The molecular weight excluding hydrogens is 196 g/mol. The minimum absolute atomic E-state index is 0.0528. The molecule has 0 aliphatic carbocycles. The quantitative estimate of drug-likeness (QED) is 0.564. The van der Waals surface area contributed by atoms with Crippen molar-refractivity contribution in [3.05, 3.63) is 0 Å². The lowest BCUT2D eigenvalue weighted by Gasteiger charge is -2.13. The normalized spacial score (nSPS) is 18.2. The smallest absolute Gasteiger partial charge is 0.275 e. The number of nitrogens with zero attached hydrogens (tertiary/aromatic N) is 2. The van der Waals surface area contributed by atoms with Gasteiger partial charge in [-0.05, 0) is 0 Å². The first-order chi connectivity index (χ1) is 5.84. The molecule has 0 aromatic heterocycles. The van der Waals surface area contributed by atoms with Crippen LogP contribution in [-0.2, 0) is 14.8 Å². The number of carbonyl (C=O) groups is 2. The lowest BCUT2D eigenvalue weighted by molar-refractivity contribution is -0.125. The van der Waals surface area contributed by atoms with Crippen LogP contribution in [0.3, 0.4) is 0 Å². The molecule has 74 valence electrons. The Hall–Kier alpha value is -1.11. The summed E-state index contributed by atoms with van der Waals surface area (Å²) in [5, 5.41) is 0. The van der Waals surface area contributed by atoms with Gasteiger partial charge in [-0.1, -0.05) is 0 Å². The van der Waals surface area contributed by atoms with Crippen LogP contribution in [0.5, 0.6) is 0 Å². The third-order valence-corrected chi connectivity index (χ3v) is 2.89. The van der Waals surface area contributed by atoms with Crippen molar-refractivity contribution in [2.24, 2.45) is 0 Å². The Morgan fingerprint density at radius 1 is 1.38 bits per heavy atom. The lowest BCUT2D eigenvalue weighted by atomic mass is 10.5. The highest BCUT2D eigenvalue weighted by molar-refractivity contribution is 7.88. The highest BCUT2D eigenvalue weighted by Crippen LogP contribution is 2.11. The summed E-state index contributed by atoms with van der Waals surface area (Å²) in [7, 11) is -3.53. The third kappa shape index (κ3) is 1.80. The standard InChI is InChI=1S/C6H10N2O4S/c1-5(9)7-3-4-8(6(7)10)13(2,11)12/h3-4H2,1-2H3. The fourth-order valence-corrected chi connectivity index (χ4v) is 1.91. The summed E-state index contributed by atoms with van der Waals surface area (Å²) in [5.41, 5.74) is 0. The van der Waals surface area contributed by atoms with Crippen LogP contribution in [0, 0.1) is 0 Å². The fraction of sp³-hybridized carbons (Fsp3) is 0.667. The average Bonchev–Trinajstić information content (AvgIpc) is 2.28. The van der Waals surface area contributed by atoms with Gasteiger partial charge in [-0.3, -0.25) is 9.69 Å². The van der Waals surface area contributed by atoms with E-state index in [1.807, 2.05) is 0 Å². The maximum Gasteiger partial charge on any atom is 0.340 e. The molecule has 13 heavy (non-hydrogen) atoms. The Morgan fingerprint density at radius 3 is 2.15 bits per heavy atom. The molecular formula is C6H10N2O4S. The second-order valence-electron chi connectivity index (χ2n) is 2.79. The van der Waals surface area contributed by atoms with E-state index in [2.05, 4.69) is 0 Å². The minimum atomic E-state index is -3.53. The largest absolute Gasteiger partial charge is 0.340 e. The zero-order chi connectivity index (χ0) is 10.2. The molecule has 0 radical (unpaired) electrons. The van der Waals surface area contributed by atoms with Crippen LogP contribution in [0.15, 0.2) is 0 Å². The zero-order valence-electron chi connectivity index (χ0n) is 7.35. The zero-order valence-corrected chi connectivity index (χ0v) is 8.17. The van der Waals surface area contributed by atoms with E-state index in [0.717, 1.165) is 11.2 Å². The molecule has 1 aliphatic rings. The molecule has 1 fully saturated rings. The first-order valence-corrected chi connectivity index (χ1v) is 5.48. The number of sulfonamides is 1. The number of rotatable bonds is 1. The highest BCUT2D eigenvalue weighted by atomic mass is 32.2. The van der Waals surface area contributed by atoms with Crippen molar-refractivity contribution in [2.45, 2.75) is 6.92 Å². The summed E-state index contributed by atoms with van der Waals surface area (Å²) in [4.78, 5) is 23.0. The Labute approximate surface area is 76.2 Å². The number of imide groups is 1. The summed E-state index contributed by atoms with van der Waals surface area (Å²) in [6.07, 6.45) is 0.939. The van der Waals surface area contributed by atoms with E-state index in [4.69, 9.17) is 0 Å². The molecule has 7 heteroatoms. The van der Waals surface area contributed by atoms with Crippen LogP contribution < -0.4 is 0 Å². The Bertz CT molecular complexity index is 348. The van der Waals surface area contributed by atoms with E-state index in [-0.39, 0.29) is 13.1 Å². The van der Waals surface area contributed by atoms with Gasteiger partial charge in [0.15, 0.2) is 0 Å². The summed E-state index contributed by atoms with van der Waals surface area (Å²) < 4.78 is 22.6. The number of hydrogen-bond acceptors (Lipinski definition) is 4. The molecule has 1 heterocycles. The van der Waals surface area contributed by atoms with Gasteiger partial charge in [-0.15, -0.1) is 0 Å². The number of urea groups is 1. The Morgan fingerprint density at radius 2 is 1.92 bits per heavy atom. The predicted molar refractivity (Wildman–Crippen MR) is 44.3 cm³/mol. The SMILES string of the molecule is CC(=O)N1CCN(S(C)(=O)=O)C1=O. The van der Waals surface area contributed by atoms with Gasteiger partial charge in [-0.25, -0.2) is 17.5 Å². The molecule has 0 aromatic carbocycles. The second kappa shape index (κ2) is 2.99. The van der Waals surface area contributed by atoms with Crippen LogP contribution in [0.4, 0.5) is 4.79 Å². The summed E-state index contributed by atoms with van der Waals surface area (Å²) >= 11 is 0. The van der Waals surface area contributed by atoms with E-state index in [9.17, 15) is 18.0 Å². The fourth-order valence-electron chi connectivity index (χ4n) is 1.12. The molecule has 0 unspecified atom stereocenters. The van der Waals surface area contributed by atoms with Gasteiger partial charge in [-0.2, -0.15) is 0 Å². The Balaban J connectivity index is 2.90. The van der Waals surface area contributed by atoms with Crippen LogP contribution in [0.1, 0.15) is 6.92 Å². The van der Waals surface area contributed by atoms with Gasteiger partial charge in [0.1, 0.15) is 0 Å². The van der Waals surface area contributed by atoms with E-state index >= 15 is 0 Å². The number of hydrogen-bond donors (Lipinski definition) is 0. The van der Waals surface area contributed by atoms with E-state index < -0.39 is 22.0 Å². The minimum Gasteiger partial charge on any atom is -0.275 e. The summed E-state index contributed by atoms with van der Waals surface area (Å²) in [5.74, 6) is -0.434. The van der Waals surface area contributed by atoms with Crippen LogP contribution >= 0.6 is 0 Å². The van der Waals surface area contributed by atoms with Crippen LogP contribution in [-0.4, -0.2) is 48.9 Å². The number of carbonyl (C=O) groups excluding carboxylic acids is 2. The molecule has 0 aromatic rings. The van der Waals surface area contributed by atoms with Gasteiger partial charge in [0, 0.05) is 13.5 Å². The third-order valence-electron chi connectivity index (χ3n) is 1.75. The van der Waals surface area contributed by atoms with Crippen molar-refractivity contribution in [3.8, 4) is 0 Å². The Kier molecular flexibility index (Phi) is 2.29. The maximum absolute atomic E-state index is 11.2. The van der Waals surface area contributed by atoms with Crippen LogP contribution in [0.25, 0.3) is 0 Å². The van der Waals surface area contributed by atoms with Gasteiger partial charge in [0.25, 0.3) is 0 Å². The molecule has 6 nitrogen and oxygen atoms in total. The second-order valence-corrected chi connectivity index (χ2v) is 4.70. The van der Waals surface area contributed by atoms with Gasteiger partial charge in [0.05, 0.1) is 12.8 Å². The summed E-state index contributed by atoms with van der Waals surface area (Å²) in [6.45, 7) is 1.42. The predicted octanol–water partition coefficient (Wildman–Crippen LogP) is -0.770. The van der Waals surface area contributed by atoms with Crippen molar-refractivity contribution in [3.63, 3.8) is 0 Å². The van der Waals surface area contributed by atoms with Crippen LogP contribution in [0.2, 0.25) is 0 Å². The van der Waals surface area contributed by atoms with E-state index in [1.54, 1.807) is 0 Å². The molecule has 0 spiro atoms. The molecule has 0 bridgehead atoms. The molecule has 1 saturated heterocycles. The summed E-state index contributed by atoms with van der Waals surface area (Å²) in [6, 6.07) is -0.755. The first-order valence-electron chi connectivity index (χ1n) is 3.64. The van der Waals surface area contributed by atoms with E-state index in [1.165, 1.54) is 6.92 Å². The molecule has 0 atom stereocenters.